The van der Waals surface area contributed by atoms with E-state index in [1.807, 2.05) is 0 Å². The van der Waals surface area contributed by atoms with Gasteiger partial charge in [-0.05, 0) is 0 Å². The molecule has 44 valence electrons. The van der Waals surface area contributed by atoms with E-state index in [0.29, 0.717) is 0 Å². The molecule has 0 aromatic heterocycles. The van der Waals surface area contributed by atoms with Gasteiger partial charge in [0.05, 0.1) is 0 Å². The fourth-order valence-electron chi connectivity index (χ4n) is 0. The third-order valence-corrected chi connectivity index (χ3v) is 0. The van der Waals surface area contributed by atoms with Gasteiger partial charge in [0.25, 0.3) is 5.09 Å². The van der Waals surface area contributed by atoms with E-state index in [1.54, 1.807) is 0 Å². The maximum Gasteiger partial charge on any atom is 2.00 e. The van der Waals surface area contributed by atoms with Gasteiger partial charge < -0.3 is 19.0 Å². The second-order valence-corrected chi connectivity index (χ2v) is 0.238. The Balaban J connectivity index is -0.00000000450. The topological polar surface area (TPSA) is 126 Å². The van der Waals surface area contributed by atoms with Crippen LogP contribution in [-0.2, 0) is 0 Å². The zero-order valence-electron chi connectivity index (χ0n) is 5.42. The third-order valence-electron chi connectivity index (χ3n) is 0. The van der Waals surface area contributed by atoms with Crippen LogP contribution in [0, 0.1) is 10.1 Å². The molecule has 0 fully saturated rings. The van der Waals surface area contributed by atoms with Crippen LogP contribution in [0.25, 0.3) is 0 Å². The monoisotopic (exact) mass is 189 g/mol. The summed E-state index contributed by atoms with van der Waals surface area (Å²) < 4.78 is 0. The standard InChI is InChI=1S/HNO3.2H2O.Sr.2H/c2-1(3)4;;;;;/h(H,2,3,4);2*1H2;;;/q;;;+2;2*-1. The van der Waals surface area contributed by atoms with Gasteiger partial charge in [0.2, 0.25) is 0 Å². The minimum Gasteiger partial charge on any atom is -1.00 e. The van der Waals surface area contributed by atoms with E-state index in [9.17, 15) is 0 Å². The van der Waals surface area contributed by atoms with E-state index in [-0.39, 0.29) is 59.3 Å². The molecule has 7 heavy (non-hydrogen) atoms. The first-order valence-electron chi connectivity index (χ1n) is 0.565. The Morgan fingerprint density at radius 3 is 1.57 bits per heavy atom. The molecule has 0 aromatic rings. The van der Waals surface area contributed by atoms with Crippen LogP contribution < -0.4 is 0 Å². The Hall–Kier alpha value is 0.601. The zero-order valence-corrected chi connectivity index (χ0v) is 6.89. The fourth-order valence-corrected chi connectivity index (χ4v) is 0. The van der Waals surface area contributed by atoms with Gasteiger partial charge in [0, 0.05) is 0 Å². The second kappa shape index (κ2) is 16.0. The minimum atomic E-state index is -1.50. The van der Waals surface area contributed by atoms with E-state index in [0.717, 1.165) is 0 Å². The molecule has 0 saturated carbocycles. The molecule has 0 aliphatic heterocycles. The van der Waals surface area contributed by atoms with Gasteiger partial charge in [-0.15, -0.1) is 10.1 Å². The summed E-state index contributed by atoms with van der Waals surface area (Å²) in [5.41, 5.74) is 0. The number of nitrogens with zero attached hydrogens (tertiary/aromatic N) is 1. The summed E-state index contributed by atoms with van der Waals surface area (Å²) in [6, 6.07) is 0. The van der Waals surface area contributed by atoms with Crippen LogP contribution >= 0.6 is 0 Å². The third kappa shape index (κ3) is 387. The van der Waals surface area contributed by atoms with Crippen molar-refractivity contribution in [2.45, 2.75) is 0 Å². The van der Waals surface area contributed by atoms with Gasteiger partial charge in [-0.25, -0.2) is 0 Å². The molecule has 5 N–H and O–H groups in total. The average Bonchev–Trinajstić information content (AvgIpc) is 0.811. The van der Waals surface area contributed by atoms with Gasteiger partial charge in [-0.1, -0.05) is 0 Å². The molecule has 0 unspecified atom stereocenters. The SMILES string of the molecule is O.O.O=[N+]([O-])O.[H-].[H-].[Sr+2]. The molecular formula is H7NO5Sr. The summed E-state index contributed by atoms with van der Waals surface area (Å²) in [5.74, 6) is 0. The van der Waals surface area contributed by atoms with Crippen LogP contribution in [0.5, 0.6) is 0 Å². The summed E-state index contributed by atoms with van der Waals surface area (Å²) in [6.07, 6.45) is 0. The van der Waals surface area contributed by atoms with Crippen LogP contribution in [0.2, 0.25) is 0 Å². The molecule has 0 bridgehead atoms. The van der Waals surface area contributed by atoms with Crippen molar-refractivity contribution < 1.29 is 24.1 Å². The molecule has 0 aliphatic carbocycles. The van der Waals surface area contributed by atoms with E-state index >= 15 is 0 Å². The Morgan fingerprint density at radius 2 is 1.57 bits per heavy atom. The first-order valence-corrected chi connectivity index (χ1v) is 0.565. The average molecular weight is 189 g/mol. The molecule has 7 heteroatoms. The van der Waals surface area contributed by atoms with Crippen molar-refractivity contribution in [1.29, 1.82) is 0 Å². The van der Waals surface area contributed by atoms with Crippen LogP contribution in [-0.4, -0.2) is 66.7 Å². The molecular weight excluding hydrogens is 182 g/mol. The smallest absolute Gasteiger partial charge is 1.00 e. The number of hydrogen-bond donors (Lipinski definition) is 1. The first kappa shape index (κ1) is 25.5. The van der Waals surface area contributed by atoms with Crippen molar-refractivity contribution in [3.63, 3.8) is 0 Å². The van der Waals surface area contributed by atoms with Gasteiger partial charge in [-0.2, -0.15) is 0 Å². The normalized spacial score (nSPS) is 3.43. The van der Waals surface area contributed by atoms with Gasteiger partial charge in [-0.3, -0.25) is 0 Å². The number of hydrogen-bond acceptors (Lipinski definition) is 2. The van der Waals surface area contributed by atoms with E-state index in [4.69, 9.17) is 15.3 Å². The summed E-state index contributed by atoms with van der Waals surface area (Å²) in [6.45, 7) is 0. The van der Waals surface area contributed by atoms with Crippen molar-refractivity contribution in [1.82, 2.24) is 0 Å². The van der Waals surface area contributed by atoms with E-state index in [1.165, 1.54) is 0 Å². The molecule has 0 aliphatic rings. The molecule has 0 heterocycles. The first-order chi connectivity index (χ1) is 1.73. The van der Waals surface area contributed by atoms with Gasteiger partial charge >= 0.3 is 45.5 Å². The van der Waals surface area contributed by atoms with Crippen molar-refractivity contribution in [2.24, 2.45) is 0 Å². The molecule has 0 amide bonds. The predicted molar refractivity (Wildman–Crippen MR) is 24.0 cm³/mol. The maximum atomic E-state index is 8.36. The van der Waals surface area contributed by atoms with Crippen LogP contribution in [0.15, 0.2) is 0 Å². The molecule has 0 spiro atoms. The summed E-state index contributed by atoms with van der Waals surface area (Å²) in [7, 11) is 0. The van der Waals surface area contributed by atoms with Crippen LogP contribution in [0.3, 0.4) is 0 Å². The van der Waals surface area contributed by atoms with Gasteiger partial charge in [0.1, 0.15) is 0 Å². The zero-order chi connectivity index (χ0) is 3.58. The van der Waals surface area contributed by atoms with Gasteiger partial charge in [0.15, 0.2) is 0 Å². The molecule has 0 rings (SSSR count). The van der Waals surface area contributed by atoms with E-state index in [2.05, 4.69) is 0 Å². The number of rotatable bonds is 0. The van der Waals surface area contributed by atoms with Crippen molar-refractivity contribution in [3.8, 4) is 0 Å². The molecule has 0 atom stereocenters. The Bertz CT molecular complexity index is 37.9. The van der Waals surface area contributed by atoms with Crippen molar-refractivity contribution in [3.05, 3.63) is 10.1 Å². The molecule has 0 saturated heterocycles. The van der Waals surface area contributed by atoms with Crippen molar-refractivity contribution >= 4 is 45.5 Å². The predicted octanol–water partition coefficient (Wildman–Crippen LogP) is -2.15. The summed E-state index contributed by atoms with van der Waals surface area (Å²) in [5, 5.41) is 13.6. The quantitative estimate of drug-likeness (QED) is 0.264. The minimum absolute atomic E-state index is 0. The fraction of sp³-hybridized carbons (Fsp3) is 0. The summed E-state index contributed by atoms with van der Waals surface area (Å²) >= 11 is 0. The van der Waals surface area contributed by atoms with Crippen molar-refractivity contribution in [2.75, 3.05) is 0 Å². The Kier molecular flexibility index (Phi) is 58.3. The van der Waals surface area contributed by atoms with E-state index < -0.39 is 5.09 Å². The summed E-state index contributed by atoms with van der Waals surface area (Å²) in [4.78, 5) is 8.36. The van der Waals surface area contributed by atoms with Crippen LogP contribution in [0.1, 0.15) is 2.85 Å². The molecule has 6 nitrogen and oxygen atoms in total. The maximum absolute atomic E-state index is 8.36. The Morgan fingerprint density at radius 1 is 1.57 bits per heavy atom. The molecule has 0 aromatic carbocycles. The second-order valence-electron chi connectivity index (χ2n) is 0.238. The Labute approximate surface area is 79.1 Å². The molecule has 0 radical (unpaired) electrons. The van der Waals surface area contributed by atoms with Crippen LogP contribution in [0.4, 0.5) is 0 Å². The largest absolute Gasteiger partial charge is 2.00 e.